The summed E-state index contributed by atoms with van der Waals surface area (Å²) in [6.07, 6.45) is 2.48. The smallest absolute Gasteiger partial charge is 0.303 e. The topological polar surface area (TPSA) is 90.2 Å². The van der Waals surface area contributed by atoms with Gasteiger partial charge in [-0.25, -0.2) is 0 Å². The highest BCUT2D eigenvalue weighted by atomic mass is 16.4. The summed E-state index contributed by atoms with van der Waals surface area (Å²) in [5, 5.41) is 19.5. The van der Waals surface area contributed by atoms with E-state index in [9.17, 15) is 14.7 Å². The number of carboxylic acids is 1. The van der Waals surface area contributed by atoms with Crippen LogP contribution in [0.4, 0.5) is 17.1 Å². The van der Waals surface area contributed by atoms with Gasteiger partial charge in [-0.1, -0.05) is 36.4 Å². The van der Waals surface area contributed by atoms with Gasteiger partial charge in [0.05, 0.1) is 5.69 Å². The standard InChI is InChI=1S/C27H26N2O4/c1-17-13-18(2)15-20(14-17)29-24-11-4-3-9-21(24)22(27(29)33)16-28-23-10-5-7-19(26(23)32)8-6-12-25(30)31/h3-5,7,9-11,13-16,22,32H,6,8,12H2,1-2H3,(H,30,31). The number of carboxylic acid groups (broad SMARTS) is 1. The van der Waals surface area contributed by atoms with Gasteiger partial charge in [0.25, 0.3) is 0 Å². The first kappa shape index (κ1) is 22.3. The number of aromatic hydroxyl groups is 1. The van der Waals surface area contributed by atoms with Crippen LogP contribution in [-0.2, 0) is 16.0 Å². The lowest BCUT2D eigenvalue weighted by Gasteiger charge is -2.19. The molecule has 0 aromatic heterocycles. The number of benzene rings is 3. The summed E-state index contributed by atoms with van der Waals surface area (Å²) in [5.74, 6) is -1.52. The second kappa shape index (κ2) is 9.28. The van der Waals surface area contributed by atoms with Gasteiger partial charge in [-0.15, -0.1) is 0 Å². The number of anilines is 2. The molecule has 0 saturated carbocycles. The molecule has 1 unspecified atom stereocenters. The number of aliphatic carboxylic acids is 1. The van der Waals surface area contributed by atoms with Crippen LogP contribution in [0.3, 0.4) is 0 Å². The van der Waals surface area contributed by atoms with Crippen LogP contribution in [0.25, 0.3) is 0 Å². The zero-order chi connectivity index (χ0) is 23.5. The number of hydrogen-bond acceptors (Lipinski definition) is 4. The van der Waals surface area contributed by atoms with E-state index in [0.29, 0.717) is 24.1 Å². The molecular formula is C27H26N2O4. The van der Waals surface area contributed by atoms with Gasteiger partial charge in [-0.3, -0.25) is 19.5 Å². The number of carbonyl (C=O) groups excluding carboxylic acids is 1. The van der Waals surface area contributed by atoms with Crippen molar-refractivity contribution < 1.29 is 19.8 Å². The number of para-hydroxylation sites is 2. The number of fused-ring (bicyclic) bond motifs is 1. The van der Waals surface area contributed by atoms with Gasteiger partial charge >= 0.3 is 5.97 Å². The zero-order valence-corrected chi connectivity index (χ0v) is 18.7. The number of aryl methyl sites for hydroxylation is 3. The SMILES string of the molecule is Cc1cc(C)cc(N2C(=O)C(C=Nc3cccc(CCCC(=O)O)c3O)c3ccccc32)c1. The lowest BCUT2D eigenvalue weighted by atomic mass is 10.0. The molecule has 3 aromatic carbocycles. The average Bonchev–Trinajstić information content (AvgIpc) is 3.04. The fraction of sp³-hybridized carbons (Fsp3) is 0.222. The first-order valence-corrected chi connectivity index (χ1v) is 10.9. The number of nitrogens with zero attached hydrogens (tertiary/aromatic N) is 2. The Morgan fingerprint density at radius 3 is 2.52 bits per heavy atom. The van der Waals surface area contributed by atoms with Gasteiger partial charge in [0.2, 0.25) is 5.91 Å². The normalized spacial score (nSPS) is 15.3. The molecule has 3 aromatic rings. The van der Waals surface area contributed by atoms with E-state index in [1.165, 1.54) is 0 Å². The van der Waals surface area contributed by atoms with Crippen LogP contribution < -0.4 is 4.90 Å². The van der Waals surface area contributed by atoms with Gasteiger partial charge in [0.1, 0.15) is 17.4 Å². The first-order chi connectivity index (χ1) is 15.8. The van der Waals surface area contributed by atoms with E-state index in [-0.39, 0.29) is 18.1 Å². The first-order valence-electron chi connectivity index (χ1n) is 10.9. The van der Waals surface area contributed by atoms with Crippen molar-refractivity contribution in [3.8, 4) is 5.75 Å². The number of phenols is 1. The predicted octanol–water partition coefficient (Wildman–Crippen LogP) is 5.58. The van der Waals surface area contributed by atoms with Crippen LogP contribution in [0, 0.1) is 13.8 Å². The van der Waals surface area contributed by atoms with E-state index < -0.39 is 11.9 Å². The molecule has 4 rings (SSSR count). The molecule has 0 radical (unpaired) electrons. The van der Waals surface area contributed by atoms with Gasteiger partial charge in [0, 0.05) is 18.3 Å². The summed E-state index contributed by atoms with van der Waals surface area (Å²) < 4.78 is 0. The maximum atomic E-state index is 13.5. The van der Waals surface area contributed by atoms with Gasteiger partial charge in [0.15, 0.2) is 0 Å². The van der Waals surface area contributed by atoms with Crippen LogP contribution in [0.1, 0.15) is 41.0 Å². The second-order valence-corrected chi connectivity index (χ2v) is 8.37. The Hall–Kier alpha value is -3.93. The molecule has 0 spiro atoms. The van der Waals surface area contributed by atoms with Crippen LogP contribution in [-0.4, -0.2) is 28.3 Å². The molecule has 0 aliphatic carbocycles. The molecule has 0 saturated heterocycles. The van der Waals surface area contributed by atoms with Crippen molar-refractivity contribution in [2.24, 2.45) is 4.99 Å². The number of hydrogen-bond donors (Lipinski definition) is 2. The Labute approximate surface area is 192 Å². The van der Waals surface area contributed by atoms with E-state index in [4.69, 9.17) is 5.11 Å². The van der Waals surface area contributed by atoms with Crippen LogP contribution in [0.15, 0.2) is 65.7 Å². The molecule has 0 bridgehead atoms. The average molecular weight is 443 g/mol. The molecule has 168 valence electrons. The summed E-state index contributed by atoms with van der Waals surface area (Å²) in [6, 6.07) is 18.9. The van der Waals surface area contributed by atoms with Crippen molar-refractivity contribution in [1.29, 1.82) is 0 Å². The second-order valence-electron chi connectivity index (χ2n) is 8.37. The lowest BCUT2D eigenvalue weighted by molar-refractivity contribution is -0.137. The fourth-order valence-electron chi connectivity index (χ4n) is 4.30. The van der Waals surface area contributed by atoms with E-state index in [2.05, 4.69) is 11.1 Å². The number of aliphatic imine (C=N–C) groups is 1. The Bertz CT molecular complexity index is 1230. The molecule has 1 aliphatic heterocycles. The highest BCUT2D eigenvalue weighted by molar-refractivity contribution is 6.17. The summed E-state index contributed by atoms with van der Waals surface area (Å²) in [6.45, 7) is 4.02. The Morgan fingerprint density at radius 2 is 1.79 bits per heavy atom. The molecule has 6 nitrogen and oxygen atoms in total. The maximum absolute atomic E-state index is 13.5. The highest BCUT2D eigenvalue weighted by Gasteiger charge is 2.37. The fourth-order valence-corrected chi connectivity index (χ4v) is 4.30. The third-order valence-electron chi connectivity index (χ3n) is 5.76. The van der Waals surface area contributed by atoms with Crippen molar-refractivity contribution in [3.63, 3.8) is 0 Å². The Morgan fingerprint density at radius 1 is 1.06 bits per heavy atom. The van der Waals surface area contributed by atoms with E-state index in [0.717, 1.165) is 28.1 Å². The molecule has 33 heavy (non-hydrogen) atoms. The van der Waals surface area contributed by atoms with Crippen molar-refractivity contribution in [2.75, 3.05) is 4.90 Å². The van der Waals surface area contributed by atoms with Crippen molar-refractivity contribution in [3.05, 3.63) is 82.9 Å². The number of phenolic OH excluding ortho intramolecular Hbond substituents is 1. The predicted molar refractivity (Wildman–Crippen MR) is 129 cm³/mol. The quantitative estimate of drug-likeness (QED) is 0.467. The minimum Gasteiger partial charge on any atom is -0.505 e. The summed E-state index contributed by atoms with van der Waals surface area (Å²) >= 11 is 0. The van der Waals surface area contributed by atoms with Crippen molar-refractivity contribution in [2.45, 2.75) is 39.0 Å². The zero-order valence-electron chi connectivity index (χ0n) is 18.7. The monoisotopic (exact) mass is 442 g/mol. The largest absolute Gasteiger partial charge is 0.505 e. The summed E-state index contributed by atoms with van der Waals surface area (Å²) in [7, 11) is 0. The third-order valence-corrected chi connectivity index (χ3v) is 5.76. The number of carbonyl (C=O) groups is 2. The molecule has 1 heterocycles. The third kappa shape index (κ3) is 4.65. The molecule has 1 amide bonds. The summed E-state index contributed by atoms with van der Waals surface area (Å²) in [4.78, 5) is 30.4. The molecule has 1 aliphatic rings. The molecule has 0 fully saturated rings. The van der Waals surface area contributed by atoms with Crippen LogP contribution >= 0.6 is 0 Å². The lowest BCUT2D eigenvalue weighted by Crippen LogP contribution is -2.24. The van der Waals surface area contributed by atoms with Crippen molar-refractivity contribution in [1.82, 2.24) is 0 Å². The van der Waals surface area contributed by atoms with E-state index in [1.54, 1.807) is 29.3 Å². The minimum atomic E-state index is -0.865. The van der Waals surface area contributed by atoms with Gasteiger partial charge in [-0.2, -0.15) is 0 Å². The summed E-state index contributed by atoms with van der Waals surface area (Å²) in [5.41, 5.74) is 5.68. The van der Waals surface area contributed by atoms with Gasteiger partial charge in [-0.05, 0) is 73.2 Å². The minimum absolute atomic E-state index is 0.0176. The van der Waals surface area contributed by atoms with E-state index in [1.807, 2.05) is 50.2 Å². The Kier molecular flexibility index (Phi) is 6.27. The molecule has 2 N–H and O–H groups in total. The van der Waals surface area contributed by atoms with Crippen LogP contribution in [0.2, 0.25) is 0 Å². The molecule has 1 atom stereocenters. The van der Waals surface area contributed by atoms with Crippen LogP contribution in [0.5, 0.6) is 5.75 Å². The number of rotatable bonds is 7. The van der Waals surface area contributed by atoms with E-state index >= 15 is 0 Å². The Balaban J connectivity index is 1.64. The molecule has 6 heteroatoms. The van der Waals surface area contributed by atoms with Gasteiger partial charge < -0.3 is 10.2 Å². The van der Waals surface area contributed by atoms with Crippen molar-refractivity contribution >= 4 is 35.2 Å². The molecular weight excluding hydrogens is 416 g/mol. The highest BCUT2D eigenvalue weighted by Crippen LogP contribution is 2.42. The maximum Gasteiger partial charge on any atom is 0.303 e. The number of amides is 1.